The topological polar surface area (TPSA) is 76.7 Å². The standard InChI is InChI=1S/C24H26Cl2N2O4/c1-15-2-4-16(5-3-15)12-31-13-22(29)27-21-11-24(9-17(21)10-24)28-23(30)14-32-18-6-7-19(25)20(26)8-18/h2-8,17,21H,9-14H2,1H3,(H,27,29)(H,28,30). The molecule has 3 saturated carbocycles. The van der Waals surface area contributed by atoms with Crippen molar-refractivity contribution in [1.82, 2.24) is 10.6 Å². The van der Waals surface area contributed by atoms with Gasteiger partial charge in [-0.2, -0.15) is 0 Å². The van der Waals surface area contributed by atoms with E-state index in [4.69, 9.17) is 32.7 Å². The van der Waals surface area contributed by atoms with Crippen LogP contribution in [-0.2, 0) is 20.9 Å². The van der Waals surface area contributed by atoms with Crippen molar-refractivity contribution in [2.45, 2.75) is 44.4 Å². The van der Waals surface area contributed by atoms with Gasteiger partial charge in [-0.25, -0.2) is 0 Å². The molecule has 2 N–H and O–H groups in total. The molecule has 2 aromatic carbocycles. The second-order valence-corrected chi connectivity index (χ2v) is 9.53. The second kappa shape index (κ2) is 9.69. The maximum atomic E-state index is 12.4. The number of nitrogens with one attached hydrogen (secondary N) is 2. The Hall–Kier alpha value is -2.28. The van der Waals surface area contributed by atoms with Crippen LogP contribution >= 0.6 is 23.2 Å². The van der Waals surface area contributed by atoms with Crippen molar-refractivity contribution in [3.63, 3.8) is 0 Å². The number of halogens is 2. The first-order valence-corrected chi connectivity index (χ1v) is 11.4. The third-order valence-electron chi connectivity index (χ3n) is 6.12. The summed E-state index contributed by atoms with van der Waals surface area (Å²) in [6, 6.07) is 13.0. The number of benzene rings is 2. The zero-order valence-corrected chi connectivity index (χ0v) is 19.3. The van der Waals surface area contributed by atoms with Gasteiger partial charge >= 0.3 is 0 Å². The maximum absolute atomic E-state index is 12.4. The Morgan fingerprint density at radius 2 is 1.75 bits per heavy atom. The number of rotatable bonds is 9. The van der Waals surface area contributed by atoms with Crippen LogP contribution in [0.15, 0.2) is 42.5 Å². The van der Waals surface area contributed by atoms with Crippen LogP contribution in [-0.4, -0.2) is 36.6 Å². The molecule has 0 aliphatic heterocycles. The van der Waals surface area contributed by atoms with Gasteiger partial charge in [0.1, 0.15) is 12.4 Å². The lowest BCUT2D eigenvalue weighted by Crippen LogP contribution is -2.53. The van der Waals surface area contributed by atoms with Crippen molar-refractivity contribution in [3.8, 4) is 5.75 Å². The molecule has 170 valence electrons. The Bertz CT molecular complexity index is 990. The molecule has 3 aliphatic carbocycles. The minimum atomic E-state index is -0.260. The molecule has 2 bridgehead atoms. The average molecular weight is 477 g/mol. The molecule has 0 aromatic heterocycles. The van der Waals surface area contributed by atoms with Gasteiger partial charge in [0.15, 0.2) is 6.61 Å². The zero-order chi connectivity index (χ0) is 22.7. The molecular formula is C24H26Cl2N2O4. The molecule has 3 aliphatic rings. The highest BCUT2D eigenvalue weighted by atomic mass is 35.5. The first kappa shape index (κ1) is 22.9. The average Bonchev–Trinajstić information content (AvgIpc) is 3.23. The smallest absolute Gasteiger partial charge is 0.258 e. The second-order valence-electron chi connectivity index (χ2n) is 8.72. The molecule has 2 amide bonds. The van der Waals surface area contributed by atoms with Crippen molar-refractivity contribution < 1.29 is 19.1 Å². The number of ether oxygens (including phenoxy) is 2. The summed E-state index contributed by atoms with van der Waals surface area (Å²) < 4.78 is 11.1. The van der Waals surface area contributed by atoms with Crippen molar-refractivity contribution in [1.29, 1.82) is 0 Å². The van der Waals surface area contributed by atoms with Crippen LogP contribution in [0.5, 0.6) is 5.75 Å². The lowest BCUT2D eigenvalue weighted by atomic mass is 9.76. The van der Waals surface area contributed by atoms with E-state index in [0.29, 0.717) is 28.3 Å². The molecule has 0 heterocycles. The Labute approximate surface area is 197 Å². The van der Waals surface area contributed by atoms with Crippen molar-refractivity contribution in [2.24, 2.45) is 5.92 Å². The first-order valence-electron chi connectivity index (χ1n) is 10.6. The van der Waals surface area contributed by atoms with Crippen LogP contribution in [0.1, 0.15) is 30.4 Å². The Kier molecular flexibility index (Phi) is 6.93. The highest BCUT2D eigenvalue weighted by Crippen LogP contribution is 2.52. The van der Waals surface area contributed by atoms with Gasteiger partial charge < -0.3 is 20.1 Å². The predicted molar refractivity (Wildman–Crippen MR) is 123 cm³/mol. The monoisotopic (exact) mass is 476 g/mol. The van der Waals surface area contributed by atoms with E-state index >= 15 is 0 Å². The van der Waals surface area contributed by atoms with Gasteiger partial charge in [-0.15, -0.1) is 0 Å². The minimum Gasteiger partial charge on any atom is -0.484 e. The quantitative estimate of drug-likeness (QED) is 0.572. The Balaban J connectivity index is 1.17. The Morgan fingerprint density at radius 1 is 1.00 bits per heavy atom. The predicted octanol–water partition coefficient (Wildman–Crippen LogP) is 4.05. The summed E-state index contributed by atoms with van der Waals surface area (Å²) >= 11 is 11.9. The summed E-state index contributed by atoms with van der Waals surface area (Å²) in [6.07, 6.45) is 2.45. The van der Waals surface area contributed by atoms with Crippen LogP contribution in [0, 0.1) is 12.8 Å². The molecule has 1 atom stereocenters. The normalized spacial score (nSPS) is 23.3. The number of aryl methyl sites for hydroxylation is 1. The number of fused-ring (bicyclic) bond motifs is 1. The molecule has 0 radical (unpaired) electrons. The first-order chi connectivity index (χ1) is 15.3. The number of carbonyl (C=O) groups is 2. The van der Waals surface area contributed by atoms with Gasteiger partial charge in [0.05, 0.1) is 16.7 Å². The molecule has 1 unspecified atom stereocenters. The fraction of sp³-hybridized carbons (Fsp3) is 0.417. The molecule has 8 heteroatoms. The van der Waals surface area contributed by atoms with Crippen LogP contribution in [0.2, 0.25) is 10.0 Å². The molecule has 32 heavy (non-hydrogen) atoms. The third kappa shape index (κ3) is 5.55. The molecule has 2 aromatic rings. The molecular weight excluding hydrogens is 451 g/mol. The van der Waals surface area contributed by atoms with Crippen LogP contribution in [0.3, 0.4) is 0 Å². The number of hydrogen-bond donors (Lipinski definition) is 2. The van der Waals surface area contributed by atoms with E-state index in [1.807, 2.05) is 31.2 Å². The van der Waals surface area contributed by atoms with E-state index in [9.17, 15) is 9.59 Å². The number of carbonyl (C=O) groups excluding carboxylic acids is 2. The van der Waals surface area contributed by atoms with E-state index in [2.05, 4.69) is 10.6 Å². The summed E-state index contributed by atoms with van der Waals surface area (Å²) in [7, 11) is 0. The van der Waals surface area contributed by atoms with Gasteiger partial charge in [-0.05, 0) is 49.8 Å². The highest BCUT2D eigenvalue weighted by molar-refractivity contribution is 6.42. The summed E-state index contributed by atoms with van der Waals surface area (Å²) in [6.45, 7) is 2.35. The van der Waals surface area contributed by atoms with E-state index in [-0.39, 0.29) is 36.6 Å². The fourth-order valence-electron chi connectivity index (χ4n) is 4.55. The van der Waals surface area contributed by atoms with Crippen molar-refractivity contribution in [2.75, 3.05) is 13.2 Å². The number of hydrogen-bond acceptors (Lipinski definition) is 4. The fourth-order valence-corrected chi connectivity index (χ4v) is 4.83. The van der Waals surface area contributed by atoms with Crippen LogP contribution in [0.25, 0.3) is 0 Å². The molecule has 6 nitrogen and oxygen atoms in total. The molecule has 5 rings (SSSR count). The lowest BCUT2D eigenvalue weighted by molar-refractivity contribution is -0.127. The Morgan fingerprint density at radius 3 is 2.47 bits per heavy atom. The SMILES string of the molecule is Cc1ccc(COCC(=O)NC2CC3(NC(=O)COc4ccc(Cl)c(Cl)c4)CC2C3)cc1. The molecule has 0 spiro atoms. The van der Waals surface area contributed by atoms with Gasteiger partial charge in [0.25, 0.3) is 5.91 Å². The zero-order valence-electron chi connectivity index (χ0n) is 17.8. The summed E-state index contributed by atoms with van der Waals surface area (Å²) in [5, 5.41) is 6.95. The summed E-state index contributed by atoms with van der Waals surface area (Å²) in [4.78, 5) is 24.7. The van der Waals surface area contributed by atoms with Gasteiger partial charge in [-0.1, -0.05) is 53.0 Å². The lowest BCUT2D eigenvalue weighted by Gasteiger charge is -2.39. The van der Waals surface area contributed by atoms with E-state index in [1.54, 1.807) is 18.2 Å². The minimum absolute atomic E-state index is 0.0218. The third-order valence-corrected chi connectivity index (χ3v) is 6.86. The highest BCUT2D eigenvalue weighted by Gasteiger charge is 2.57. The largest absolute Gasteiger partial charge is 0.484 e. The maximum Gasteiger partial charge on any atom is 0.258 e. The summed E-state index contributed by atoms with van der Waals surface area (Å²) in [5.41, 5.74) is 1.97. The van der Waals surface area contributed by atoms with Gasteiger partial charge in [-0.3, -0.25) is 9.59 Å². The van der Waals surface area contributed by atoms with Gasteiger partial charge in [0, 0.05) is 17.6 Å². The van der Waals surface area contributed by atoms with Crippen molar-refractivity contribution >= 4 is 35.0 Å². The molecule has 0 saturated heterocycles. The van der Waals surface area contributed by atoms with E-state index < -0.39 is 0 Å². The number of amides is 2. The van der Waals surface area contributed by atoms with Crippen LogP contribution < -0.4 is 15.4 Å². The molecule has 3 fully saturated rings. The van der Waals surface area contributed by atoms with Crippen molar-refractivity contribution in [3.05, 3.63) is 63.6 Å². The summed E-state index contributed by atoms with van der Waals surface area (Å²) in [5.74, 6) is 0.551. The van der Waals surface area contributed by atoms with E-state index in [0.717, 1.165) is 24.8 Å². The van der Waals surface area contributed by atoms with Gasteiger partial charge in [0.2, 0.25) is 5.91 Å². The van der Waals surface area contributed by atoms with E-state index in [1.165, 1.54) is 5.56 Å². The van der Waals surface area contributed by atoms with Crippen LogP contribution in [0.4, 0.5) is 0 Å².